The third-order valence-electron chi connectivity index (χ3n) is 2.02. The molecule has 1 atom stereocenters. The number of rotatable bonds is 8. The molecule has 0 aliphatic rings. The minimum atomic E-state index is 0.105. The van der Waals surface area contributed by atoms with Gasteiger partial charge in [0, 0.05) is 0 Å². The molecule has 0 fully saturated rings. The molecule has 0 rings (SSSR count). The van der Waals surface area contributed by atoms with E-state index in [1.54, 1.807) is 12.2 Å². The summed E-state index contributed by atoms with van der Waals surface area (Å²) in [6.45, 7) is 3.99. The Morgan fingerprint density at radius 1 is 1.00 bits per heavy atom. The molecule has 0 aliphatic carbocycles. The van der Waals surface area contributed by atoms with E-state index in [1.165, 1.54) is 0 Å². The van der Waals surface area contributed by atoms with Gasteiger partial charge in [0.2, 0.25) is 0 Å². The summed E-state index contributed by atoms with van der Waals surface area (Å²) in [5.41, 5.74) is 0. The largest absolute Gasteiger partial charge is 0.392 e. The summed E-state index contributed by atoms with van der Waals surface area (Å²) in [7, 11) is 0. The van der Waals surface area contributed by atoms with E-state index in [2.05, 4.69) is 6.58 Å². The molecule has 0 aromatic carbocycles. The predicted octanol–water partition coefficient (Wildman–Crippen LogP) is 2.06. The highest BCUT2D eigenvalue weighted by Crippen LogP contribution is 2.13. The summed E-state index contributed by atoms with van der Waals surface area (Å²) in [4.78, 5) is 0. The molecule has 0 radical (unpaired) electrons. The van der Waals surface area contributed by atoms with Crippen LogP contribution in [0.1, 0.15) is 19.3 Å². The van der Waals surface area contributed by atoms with Crippen molar-refractivity contribution in [1.82, 2.24) is 0 Å². The average Bonchev–Trinajstić information content (AvgIpc) is 2.22. The molecular weight excluding hydrogens is 176 g/mol. The van der Waals surface area contributed by atoms with Crippen molar-refractivity contribution in [3.63, 3.8) is 0 Å². The molecule has 0 heterocycles. The lowest BCUT2D eigenvalue weighted by Crippen LogP contribution is -1.93. The Hall–Kier alpha value is -0.860. The van der Waals surface area contributed by atoms with Gasteiger partial charge >= 0.3 is 0 Å². The van der Waals surface area contributed by atoms with Gasteiger partial charge in [0.25, 0.3) is 0 Å². The molecule has 0 bridgehead atoms. The third-order valence-corrected chi connectivity index (χ3v) is 2.02. The number of aliphatic hydroxyl groups excluding tert-OH is 2. The molecule has 2 nitrogen and oxygen atoms in total. The number of allylic oxidation sites excluding steroid dienone is 3. The Morgan fingerprint density at radius 3 is 2.21 bits per heavy atom. The van der Waals surface area contributed by atoms with Gasteiger partial charge < -0.3 is 10.2 Å². The Balaban J connectivity index is 3.62. The van der Waals surface area contributed by atoms with Gasteiger partial charge in [-0.05, 0) is 25.2 Å². The third kappa shape index (κ3) is 7.77. The second kappa shape index (κ2) is 10.2. The highest BCUT2D eigenvalue weighted by molar-refractivity contribution is 4.91. The van der Waals surface area contributed by atoms with Crippen molar-refractivity contribution in [1.29, 1.82) is 0 Å². The van der Waals surface area contributed by atoms with Crippen molar-refractivity contribution in [2.75, 3.05) is 13.2 Å². The van der Waals surface area contributed by atoms with Gasteiger partial charge in [0.1, 0.15) is 0 Å². The molecular formula is C12H20O2. The molecule has 0 saturated carbocycles. The zero-order valence-corrected chi connectivity index (χ0v) is 8.60. The van der Waals surface area contributed by atoms with E-state index in [9.17, 15) is 0 Å². The molecule has 0 saturated heterocycles. The molecule has 0 aromatic heterocycles. The van der Waals surface area contributed by atoms with Crippen LogP contribution in [0.25, 0.3) is 0 Å². The van der Waals surface area contributed by atoms with E-state index >= 15 is 0 Å². The van der Waals surface area contributed by atoms with E-state index in [4.69, 9.17) is 10.2 Å². The van der Waals surface area contributed by atoms with E-state index in [-0.39, 0.29) is 13.2 Å². The van der Waals surface area contributed by atoms with Gasteiger partial charge in [-0.25, -0.2) is 0 Å². The number of hydrogen-bond acceptors (Lipinski definition) is 2. The monoisotopic (exact) mass is 196 g/mol. The minimum absolute atomic E-state index is 0.105. The molecule has 0 amide bonds. The van der Waals surface area contributed by atoms with Crippen LogP contribution in [-0.2, 0) is 0 Å². The van der Waals surface area contributed by atoms with Crippen molar-refractivity contribution in [3.8, 4) is 0 Å². The van der Waals surface area contributed by atoms with Crippen LogP contribution in [-0.4, -0.2) is 23.4 Å². The van der Waals surface area contributed by atoms with E-state index < -0.39 is 0 Å². The Morgan fingerprint density at radius 2 is 1.64 bits per heavy atom. The smallest absolute Gasteiger partial charge is 0.0612 e. The first kappa shape index (κ1) is 13.1. The van der Waals surface area contributed by atoms with Gasteiger partial charge in [-0.1, -0.05) is 30.4 Å². The second-order valence-corrected chi connectivity index (χ2v) is 3.12. The van der Waals surface area contributed by atoms with Crippen LogP contribution in [0.4, 0.5) is 0 Å². The van der Waals surface area contributed by atoms with Crippen LogP contribution >= 0.6 is 0 Å². The van der Waals surface area contributed by atoms with Crippen molar-refractivity contribution >= 4 is 0 Å². The Labute approximate surface area is 86.3 Å². The van der Waals surface area contributed by atoms with Crippen LogP contribution < -0.4 is 0 Å². The van der Waals surface area contributed by atoms with Crippen LogP contribution in [0.15, 0.2) is 37.0 Å². The summed E-state index contributed by atoms with van der Waals surface area (Å²) in [5, 5.41) is 17.1. The van der Waals surface area contributed by atoms with Crippen molar-refractivity contribution in [2.45, 2.75) is 19.3 Å². The van der Waals surface area contributed by atoms with Crippen LogP contribution in [0.3, 0.4) is 0 Å². The van der Waals surface area contributed by atoms with Crippen LogP contribution in [0.5, 0.6) is 0 Å². The molecule has 80 valence electrons. The van der Waals surface area contributed by atoms with Gasteiger partial charge in [0.15, 0.2) is 0 Å². The quantitative estimate of drug-likeness (QED) is 0.583. The summed E-state index contributed by atoms with van der Waals surface area (Å²) >= 11 is 0. The van der Waals surface area contributed by atoms with Crippen LogP contribution in [0, 0.1) is 5.92 Å². The average molecular weight is 196 g/mol. The fraction of sp³-hybridized carbons (Fsp3) is 0.500. The maximum Gasteiger partial charge on any atom is 0.0612 e. The standard InChI is InChI=1S/C12H20O2/c1-2-12(9-5-7-11-14)8-4-3-6-10-13/h2-3,5-7,12-14H,1,4,8-11H2. The van der Waals surface area contributed by atoms with Crippen molar-refractivity contribution < 1.29 is 10.2 Å². The molecule has 2 heteroatoms. The highest BCUT2D eigenvalue weighted by Gasteiger charge is 1.99. The molecule has 0 spiro atoms. The van der Waals surface area contributed by atoms with Gasteiger partial charge in [0.05, 0.1) is 13.2 Å². The zero-order chi connectivity index (χ0) is 10.6. The maximum absolute atomic E-state index is 8.55. The predicted molar refractivity (Wildman–Crippen MR) is 60.0 cm³/mol. The fourth-order valence-corrected chi connectivity index (χ4v) is 1.18. The van der Waals surface area contributed by atoms with E-state index in [1.807, 2.05) is 18.2 Å². The zero-order valence-electron chi connectivity index (χ0n) is 8.60. The summed E-state index contributed by atoms with van der Waals surface area (Å²) in [6.07, 6.45) is 12.3. The van der Waals surface area contributed by atoms with E-state index in [0.717, 1.165) is 19.3 Å². The first-order valence-corrected chi connectivity index (χ1v) is 4.99. The molecule has 2 N–H and O–H groups in total. The Bertz CT molecular complexity index is 183. The number of hydrogen-bond donors (Lipinski definition) is 2. The van der Waals surface area contributed by atoms with E-state index in [0.29, 0.717) is 5.92 Å². The molecule has 0 aromatic rings. The molecule has 14 heavy (non-hydrogen) atoms. The minimum Gasteiger partial charge on any atom is -0.392 e. The lowest BCUT2D eigenvalue weighted by Gasteiger charge is -2.07. The highest BCUT2D eigenvalue weighted by atomic mass is 16.3. The maximum atomic E-state index is 8.55. The van der Waals surface area contributed by atoms with Crippen molar-refractivity contribution in [3.05, 3.63) is 37.0 Å². The first-order chi connectivity index (χ1) is 6.85. The Kier molecular flexibility index (Phi) is 9.59. The fourth-order valence-electron chi connectivity index (χ4n) is 1.18. The summed E-state index contributed by atoms with van der Waals surface area (Å²) < 4.78 is 0. The van der Waals surface area contributed by atoms with Gasteiger partial charge in [-0.3, -0.25) is 0 Å². The second-order valence-electron chi connectivity index (χ2n) is 3.12. The lowest BCUT2D eigenvalue weighted by molar-refractivity contribution is 0.341. The first-order valence-electron chi connectivity index (χ1n) is 4.99. The SMILES string of the molecule is C=CC(CC=CCO)CCC=CCO. The summed E-state index contributed by atoms with van der Waals surface area (Å²) in [6, 6.07) is 0. The number of aliphatic hydroxyl groups is 2. The van der Waals surface area contributed by atoms with Crippen LogP contribution in [0.2, 0.25) is 0 Å². The molecule has 0 aliphatic heterocycles. The normalized spacial score (nSPS) is 13.9. The van der Waals surface area contributed by atoms with Gasteiger partial charge in [-0.2, -0.15) is 0 Å². The van der Waals surface area contributed by atoms with Crippen molar-refractivity contribution in [2.24, 2.45) is 5.92 Å². The van der Waals surface area contributed by atoms with Gasteiger partial charge in [-0.15, -0.1) is 6.58 Å². The summed E-state index contributed by atoms with van der Waals surface area (Å²) in [5.74, 6) is 0.459. The lowest BCUT2D eigenvalue weighted by atomic mass is 9.99. The molecule has 1 unspecified atom stereocenters. The topological polar surface area (TPSA) is 40.5 Å².